The highest BCUT2D eigenvalue weighted by Crippen LogP contribution is 2.32. The number of Topliss-reactive ketones (excluding diaryl/α,β-unsaturated/α-hetero) is 1. The minimum atomic E-state index is -0.523. The molecule has 0 radical (unpaired) electrons. The van der Waals surface area contributed by atoms with Crippen LogP contribution in [0.15, 0.2) is 24.4 Å². The molecule has 1 aliphatic heterocycles. The van der Waals surface area contributed by atoms with Crippen LogP contribution in [0, 0.1) is 0 Å². The molecule has 190 valence electrons. The zero-order valence-electron chi connectivity index (χ0n) is 21.1. The first-order chi connectivity index (χ1) is 16.6. The Labute approximate surface area is 205 Å². The number of nitrogens with one attached hydrogen (secondary N) is 1. The summed E-state index contributed by atoms with van der Waals surface area (Å²) in [6, 6.07) is 4.99. The highest BCUT2D eigenvalue weighted by Gasteiger charge is 2.32. The first kappa shape index (κ1) is 26.1. The lowest BCUT2D eigenvalue weighted by molar-refractivity contribution is 0.0526. The van der Waals surface area contributed by atoms with Gasteiger partial charge in [-0.1, -0.05) is 0 Å². The number of amides is 2. The number of unbranched alkanes of at least 4 members (excludes halogenated alkanes) is 2. The first-order valence-corrected chi connectivity index (χ1v) is 11.7. The van der Waals surface area contributed by atoms with E-state index < -0.39 is 11.7 Å². The smallest absolute Gasteiger partial charge is 0.407 e. The predicted octanol–water partition coefficient (Wildman–Crippen LogP) is 3.83. The zero-order chi connectivity index (χ0) is 25.6. The van der Waals surface area contributed by atoms with E-state index in [2.05, 4.69) is 10.4 Å². The van der Waals surface area contributed by atoms with Crippen LogP contribution in [0.5, 0.6) is 11.5 Å². The number of hydrogen-bond acceptors (Lipinski definition) is 7. The van der Waals surface area contributed by atoms with Gasteiger partial charge in [0.15, 0.2) is 17.3 Å². The number of fused-ring (bicyclic) bond motifs is 1. The van der Waals surface area contributed by atoms with Crippen LogP contribution in [0.3, 0.4) is 0 Å². The molecule has 1 aliphatic rings. The van der Waals surface area contributed by atoms with Crippen molar-refractivity contribution >= 4 is 23.5 Å². The molecule has 3 rings (SSSR count). The molecule has 0 aliphatic carbocycles. The van der Waals surface area contributed by atoms with E-state index in [1.165, 1.54) is 14.2 Å². The molecule has 0 saturated carbocycles. The van der Waals surface area contributed by atoms with E-state index in [0.717, 1.165) is 19.3 Å². The van der Waals surface area contributed by atoms with Crippen LogP contribution in [0.2, 0.25) is 0 Å². The van der Waals surface area contributed by atoms with Crippen molar-refractivity contribution in [3.05, 3.63) is 35.7 Å². The first-order valence-electron chi connectivity index (χ1n) is 11.7. The Bertz CT molecular complexity index is 1070. The lowest BCUT2D eigenvalue weighted by atomic mass is 10.1. The summed E-state index contributed by atoms with van der Waals surface area (Å²) >= 11 is 0. The number of hydrogen-bond donors (Lipinski definition) is 1. The van der Waals surface area contributed by atoms with Crippen molar-refractivity contribution in [3.63, 3.8) is 0 Å². The van der Waals surface area contributed by atoms with Gasteiger partial charge in [-0.3, -0.25) is 14.3 Å². The van der Waals surface area contributed by atoms with Crippen LogP contribution in [0.1, 0.15) is 67.3 Å². The van der Waals surface area contributed by atoms with Gasteiger partial charge in [0, 0.05) is 31.6 Å². The topological polar surface area (TPSA) is 112 Å². The molecule has 0 unspecified atom stereocenters. The standard InChI is InChI=1S/C25H34N4O6/c1-25(2,3)35-24(32)26-12-7-6-8-13-29-22-18(16-27-29)28(14-11-19(22)30)23(31)17-9-10-20(33-4)21(15-17)34-5/h9-10,15-16H,6-8,11-14H2,1-5H3,(H,26,32). The normalized spacial score (nSPS) is 13.3. The van der Waals surface area contributed by atoms with Crippen LogP contribution in [-0.2, 0) is 11.3 Å². The molecule has 35 heavy (non-hydrogen) atoms. The Morgan fingerprint density at radius 2 is 1.83 bits per heavy atom. The third-order valence-electron chi connectivity index (χ3n) is 5.53. The van der Waals surface area contributed by atoms with Gasteiger partial charge < -0.3 is 24.4 Å². The van der Waals surface area contributed by atoms with Crippen LogP contribution >= 0.6 is 0 Å². The summed E-state index contributed by atoms with van der Waals surface area (Å²) in [5.41, 5.74) is 0.891. The molecule has 0 fully saturated rings. The number of carbonyl (C=O) groups excluding carboxylic acids is 3. The molecule has 0 saturated heterocycles. The number of methoxy groups -OCH3 is 2. The van der Waals surface area contributed by atoms with Crippen molar-refractivity contribution < 1.29 is 28.6 Å². The number of anilines is 1. The van der Waals surface area contributed by atoms with Crippen molar-refractivity contribution in [1.82, 2.24) is 15.1 Å². The molecule has 1 N–H and O–H groups in total. The highest BCUT2D eigenvalue weighted by molar-refractivity contribution is 6.12. The van der Waals surface area contributed by atoms with Gasteiger partial charge in [-0.05, 0) is 58.2 Å². The van der Waals surface area contributed by atoms with Crippen LogP contribution in [0.4, 0.5) is 10.5 Å². The number of ether oxygens (including phenoxy) is 3. The molecule has 0 bridgehead atoms. The molecular formula is C25H34N4O6. The van der Waals surface area contributed by atoms with E-state index in [0.29, 0.717) is 48.1 Å². The number of ketones is 1. The average Bonchev–Trinajstić information content (AvgIpc) is 3.24. The number of benzene rings is 1. The second-order valence-electron chi connectivity index (χ2n) is 9.29. The Balaban J connectivity index is 1.60. The molecule has 10 heteroatoms. The summed E-state index contributed by atoms with van der Waals surface area (Å²) in [5.74, 6) is 0.740. The molecule has 0 spiro atoms. The van der Waals surface area contributed by atoms with Crippen molar-refractivity contribution in [1.29, 1.82) is 0 Å². The van der Waals surface area contributed by atoms with E-state index in [1.54, 1.807) is 34.0 Å². The molecule has 2 amide bonds. The summed E-state index contributed by atoms with van der Waals surface area (Å²) in [4.78, 5) is 39.2. The summed E-state index contributed by atoms with van der Waals surface area (Å²) in [5, 5.41) is 7.13. The maximum atomic E-state index is 13.3. The third-order valence-corrected chi connectivity index (χ3v) is 5.53. The maximum Gasteiger partial charge on any atom is 0.407 e. The maximum absolute atomic E-state index is 13.3. The van der Waals surface area contributed by atoms with E-state index in [-0.39, 0.29) is 18.1 Å². The fourth-order valence-corrected chi connectivity index (χ4v) is 3.89. The van der Waals surface area contributed by atoms with Gasteiger partial charge in [0.05, 0.1) is 26.1 Å². The Morgan fingerprint density at radius 1 is 1.09 bits per heavy atom. The van der Waals surface area contributed by atoms with Crippen LogP contribution < -0.4 is 19.7 Å². The Hall–Kier alpha value is -3.56. The van der Waals surface area contributed by atoms with Crippen molar-refractivity contribution in [3.8, 4) is 11.5 Å². The Kier molecular flexibility index (Phi) is 8.37. The second-order valence-corrected chi connectivity index (χ2v) is 9.29. The molecule has 1 aromatic heterocycles. The molecular weight excluding hydrogens is 452 g/mol. The molecule has 10 nitrogen and oxygen atoms in total. The van der Waals surface area contributed by atoms with E-state index in [4.69, 9.17) is 14.2 Å². The number of carbonyl (C=O) groups is 3. The van der Waals surface area contributed by atoms with E-state index in [9.17, 15) is 14.4 Å². The lowest BCUT2D eigenvalue weighted by Crippen LogP contribution is -2.37. The Morgan fingerprint density at radius 3 is 2.51 bits per heavy atom. The highest BCUT2D eigenvalue weighted by atomic mass is 16.6. The molecule has 2 aromatic rings. The molecule has 2 heterocycles. The zero-order valence-corrected chi connectivity index (χ0v) is 21.1. The van der Waals surface area contributed by atoms with Gasteiger partial charge in [0.25, 0.3) is 5.91 Å². The second kappa shape index (κ2) is 11.2. The van der Waals surface area contributed by atoms with Crippen molar-refractivity contribution in [2.24, 2.45) is 0 Å². The predicted molar refractivity (Wildman–Crippen MR) is 130 cm³/mol. The van der Waals surface area contributed by atoms with Crippen molar-refractivity contribution in [2.75, 3.05) is 32.2 Å². The minimum Gasteiger partial charge on any atom is -0.493 e. The summed E-state index contributed by atoms with van der Waals surface area (Å²) in [7, 11) is 3.05. The summed E-state index contributed by atoms with van der Waals surface area (Å²) in [6.45, 7) is 6.81. The van der Waals surface area contributed by atoms with E-state index in [1.807, 2.05) is 20.8 Å². The molecule has 0 atom stereocenters. The number of rotatable bonds is 9. The summed E-state index contributed by atoms with van der Waals surface area (Å²) in [6.07, 6.45) is 3.78. The lowest BCUT2D eigenvalue weighted by Gasteiger charge is -2.26. The summed E-state index contributed by atoms with van der Waals surface area (Å²) < 4.78 is 17.5. The van der Waals surface area contributed by atoms with Gasteiger partial charge in [-0.25, -0.2) is 4.79 Å². The van der Waals surface area contributed by atoms with Gasteiger partial charge in [-0.2, -0.15) is 5.10 Å². The van der Waals surface area contributed by atoms with Gasteiger partial charge in [-0.15, -0.1) is 0 Å². The number of alkyl carbamates (subject to hydrolysis) is 1. The van der Waals surface area contributed by atoms with Gasteiger partial charge in [0.2, 0.25) is 0 Å². The van der Waals surface area contributed by atoms with Crippen molar-refractivity contribution in [2.45, 2.75) is 58.6 Å². The minimum absolute atomic E-state index is 0.0274. The largest absolute Gasteiger partial charge is 0.493 e. The van der Waals surface area contributed by atoms with Gasteiger partial charge >= 0.3 is 6.09 Å². The SMILES string of the molecule is COc1ccc(C(=O)N2CCC(=O)c3c2cnn3CCCCCNC(=O)OC(C)(C)C)cc1OC. The fraction of sp³-hybridized carbons (Fsp3) is 0.520. The van der Waals surface area contributed by atoms with Gasteiger partial charge in [0.1, 0.15) is 11.3 Å². The molecule has 1 aromatic carbocycles. The fourth-order valence-electron chi connectivity index (χ4n) is 3.89. The number of aryl methyl sites for hydroxylation is 1. The third kappa shape index (κ3) is 6.52. The number of nitrogens with zero attached hydrogens (tertiary/aromatic N) is 3. The number of aromatic nitrogens is 2. The van der Waals surface area contributed by atoms with E-state index >= 15 is 0 Å². The quantitative estimate of drug-likeness (QED) is 0.536. The average molecular weight is 487 g/mol. The van der Waals surface area contributed by atoms with Crippen LogP contribution in [-0.4, -0.2) is 60.5 Å². The van der Waals surface area contributed by atoms with Crippen LogP contribution in [0.25, 0.3) is 0 Å². The monoisotopic (exact) mass is 486 g/mol.